The van der Waals surface area contributed by atoms with Crippen molar-refractivity contribution in [1.29, 1.82) is 0 Å². The molecule has 37 heavy (non-hydrogen) atoms. The van der Waals surface area contributed by atoms with E-state index in [9.17, 15) is 4.79 Å². The van der Waals surface area contributed by atoms with Crippen LogP contribution in [-0.2, 0) is 0 Å². The number of anilines is 2. The molecule has 0 aliphatic carbocycles. The van der Waals surface area contributed by atoms with Crippen LogP contribution in [0.5, 0.6) is 11.5 Å². The molecule has 4 aromatic rings. The van der Waals surface area contributed by atoms with Crippen LogP contribution in [0, 0.1) is 0 Å². The number of nitrogen functional groups attached to an aromatic ring is 1. The monoisotopic (exact) mass is 539 g/mol. The second-order valence-corrected chi connectivity index (χ2v) is 9.13. The van der Waals surface area contributed by atoms with E-state index in [1.54, 1.807) is 43.5 Å². The van der Waals surface area contributed by atoms with Gasteiger partial charge in [-0.3, -0.25) is 4.79 Å². The maximum Gasteiger partial charge on any atom is 0.254 e. The van der Waals surface area contributed by atoms with Gasteiger partial charge in [-0.15, -0.1) is 0 Å². The van der Waals surface area contributed by atoms with Crippen molar-refractivity contribution in [2.24, 2.45) is 0 Å². The number of hydrogen-bond acceptors (Lipinski definition) is 9. The molecule has 0 bridgehead atoms. The van der Waals surface area contributed by atoms with Gasteiger partial charge in [-0.1, -0.05) is 23.2 Å². The van der Waals surface area contributed by atoms with Crippen LogP contribution in [0.15, 0.2) is 42.6 Å². The lowest BCUT2D eigenvalue weighted by atomic mass is 10.1. The van der Waals surface area contributed by atoms with Crippen LogP contribution in [0.3, 0.4) is 0 Å². The van der Waals surface area contributed by atoms with Crippen LogP contribution in [0.25, 0.3) is 22.4 Å². The molecule has 0 unspecified atom stereocenters. The summed E-state index contributed by atoms with van der Waals surface area (Å²) >= 11 is 12.1. The highest BCUT2D eigenvalue weighted by molar-refractivity contribution is 6.42. The first-order chi connectivity index (χ1) is 17.9. The Morgan fingerprint density at radius 1 is 0.919 bits per heavy atom. The zero-order valence-electron chi connectivity index (χ0n) is 20.1. The van der Waals surface area contributed by atoms with Crippen molar-refractivity contribution in [2.45, 2.75) is 0 Å². The summed E-state index contributed by atoms with van der Waals surface area (Å²) in [4.78, 5) is 34.8. The maximum absolute atomic E-state index is 13.0. The van der Waals surface area contributed by atoms with E-state index in [-0.39, 0.29) is 11.9 Å². The lowest BCUT2D eigenvalue weighted by Crippen LogP contribution is -2.49. The number of nitrogens with two attached hydrogens (primary N) is 1. The Morgan fingerprint density at radius 3 is 2.38 bits per heavy atom. The molecular weight excluding hydrogens is 517 g/mol. The molecule has 0 atom stereocenters. The topological polar surface area (TPSA) is 120 Å². The summed E-state index contributed by atoms with van der Waals surface area (Å²) in [5, 5.41) is 0.753. The first-order valence-corrected chi connectivity index (χ1v) is 12.2. The number of ether oxygens (including phenoxy) is 2. The molecule has 1 fully saturated rings. The third-order valence-electron chi connectivity index (χ3n) is 6.12. The predicted octanol–water partition coefficient (Wildman–Crippen LogP) is 3.96. The molecule has 0 radical (unpaired) electrons. The number of fused-ring (bicyclic) bond motifs is 1. The number of methoxy groups -OCH3 is 2. The van der Waals surface area contributed by atoms with E-state index >= 15 is 0 Å². The van der Waals surface area contributed by atoms with E-state index in [4.69, 9.17) is 43.4 Å². The second kappa shape index (κ2) is 10.2. The van der Waals surface area contributed by atoms with E-state index < -0.39 is 0 Å². The summed E-state index contributed by atoms with van der Waals surface area (Å²) in [6.45, 7) is 2.02. The fraction of sp³-hybridized carbons (Fsp3) is 0.240. The van der Waals surface area contributed by atoms with Crippen molar-refractivity contribution in [2.75, 3.05) is 51.0 Å². The zero-order chi connectivity index (χ0) is 26.1. The molecule has 3 heterocycles. The normalized spacial score (nSPS) is 13.6. The van der Waals surface area contributed by atoms with Gasteiger partial charge in [0.1, 0.15) is 0 Å². The smallest absolute Gasteiger partial charge is 0.254 e. The summed E-state index contributed by atoms with van der Waals surface area (Å²) in [6, 6.07) is 10.4. The highest BCUT2D eigenvalue weighted by Crippen LogP contribution is 2.33. The number of nitrogens with zero attached hydrogens (tertiary/aromatic N) is 6. The van der Waals surface area contributed by atoms with Crippen LogP contribution in [0.1, 0.15) is 10.4 Å². The number of amides is 1. The molecule has 2 N–H and O–H groups in total. The Morgan fingerprint density at radius 2 is 1.68 bits per heavy atom. The third-order valence-corrected chi connectivity index (χ3v) is 6.86. The fourth-order valence-corrected chi connectivity index (χ4v) is 4.50. The molecule has 190 valence electrons. The molecule has 12 heteroatoms. The fourth-order valence-electron chi connectivity index (χ4n) is 4.20. The van der Waals surface area contributed by atoms with Gasteiger partial charge in [-0.2, -0.15) is 9.97 Å². The van der Waals surface area contributed by atoms with Crippen LogP contribution in [0.4, 0.5) is 11.8 Å². The van der Waals surface area contributed by atoms with Crippen molar-refractivity contribution in [3.05, 3.63) is 58.2 Å². The molecule has 10 nitrogen and oxygen atoms in total. The lowest BCUT2D eigenvalue weighted by molar-refractivity contribution is 0.0746. The predicted molar refractivity (Wildman–Crippen MR) is 143 cm³/mol. The van der Waals surface area contributed by atoms with Crippen LogP contribution < -0.4 is 20.1 Å². The van der Waals surface area contributed by atoms with E-state index in [0.717, 1.165) is 5.56 Å². The number of aromatic nitrogens is 4. The van der Waals surface area contributed by atoms with Gasteiger partial charge in [0, 0.05) is 37.3 Å². The largest absolute Gasteiger partial charge is 0.493 e. The van der Waals surface area contributed by atoms with Crippen molar-refractivity contribution in [3.8, 4) is 22.8 Å². The van der Waals surface area contributed by atoms with Gasteiger partial charge in [0.25, 0.3) is 5.91 Å². The maximum atomic E-state index is 13.0. The van der Waals surface area contributed by atoms with Gasteiger partial charge >= 0.3 is 0 Å². The van der Waals surface area contributed by atoms with Crippen LogP contribution in [-0.4, -0.2) is 71.1 Å². The molecule has 1 saturated heterocycles. The molecule has 2 aromatic carbocycles. The summed E-state index contributed by atoms with van der Waals surface area (Å²) in [5.41, 5.74) is 8.81. The number of rotatable bonds is 5. The Balaban J connectivity index is 1.42. The van der Waals surface area contributed by atoms with Crippen LogP contribution >= 0.6 is 23.2 Å². The average Bonchev–Trinajstić information content (AvgIpc) is 2.93. The summed E-state index contributed by atoms with van der Waals surface area (Å²) in [5.74, 6) is 1.76. The highest BCUT2D eigenvalue weighted by atomic mass is 35.5. The highest BCUT2D eigenvalue weighted by Gasteiger charge is 2.26. The standard InChI is InChI=1S/C25H23Cl2N7O3/c1-36-19-6-4-14(12-20(19)37-2)18-13-29-22-21(30-18)23(32-25(28)31-22)33-7-9-34(10-8-33)24(35)15-3-5-16(26)17(27)11-15/h3-6,11-13H,7-10H2,1-2H3,(H2,28,29,31,32). The average molecular weight is 540 g/mol. The summed E-state index contributed by atoms with van der Waals surface area (Å²) in [7, 11) is 3.16. The van der Waals surface area contributed by atoms with Gasteiger partial charge in [0.15, 0.2) is 28.5 Å². The first kappa shape index (κ1) is 24.8. The van der Waals surface area contributed by atoms with Gasteiger partial charge in [0.2, 0.25) is 5.95 Å². The van der Waals surface area contributed by atoms with E-state index in [1.807, 2.05) is 23.1 Å². The number of carbonyl (C=O) groups excluding carboxylic acids is 1. The molecule has 0 saturated carbocycles. The van der Waals surface area contributed by atoms with Gasteiger partial charge in [0.05, 0.1) is 36.2 Å². The molecular formula is C25H23Cl2N7O3. The number of carbonyl (C=O) groups is 1. The summed E-state index contributed by atoms with van der Waals surface area (Å²) < 4.78 is 10.8. The van der Waals surface area contributed by atoms with Gasteiger partial charge in [-0.05, 0) is 36.4 Å². The summed E-state index contributed by atoms with van der Waals surface area (Å²) in [6.07, 6.45) is 1.63. The zero-order valence-corrected chi connectivity index (χ0v) is 21.6. The number of halogens is 2. The molecule has 1 aliphatic heterocycles. The Kier molecular flexibility index (Phi) is 6.86. The van der Waals surface area contributed by atoms with Crippen molar-refractivity contribution >= 4 is 52.0 Å². The molecule has 5 rings (SSSR count). The van der Waals surface area contributed by atoms with Crippen molar-refractivity contribution < 1.29 is 14.3 Å². The van der Waals surface area contributed by atoms with Crippen LogP contribution in [0.2, 0.25) is 10.0 Å². The Labute approximate surface area is 223 Å². The quantitative estimate of drug-likeness (QED) is 0.401. The van der Waals surface area contributed by atoms with Gasteiger partial charge < -0.3 is 25.0 Å². The molecule has 0 spiro atoms. The number of benzene rings is 2. The minimum Gasteiger partial charge on any atom is -0.493 e. The van der Waals surface area contributed by atoms with E-state index in [1.165, 1.54) is 0 Å². The molecule has 2 aromatic heterocycles. The third kappa shape index (κ3) is 4.90. The van der Waals surface area contributed by atoms with E-state index in [0.29, 0.717) is 76.0 Å². The molecule has 1 amide bonds. The lowest BCUT2D eigenvalue weighted by Gasteiger charge is -2.35. The van der Waals surface area contributed by atoms with E-state index in [2.05, 4.69) is 15.0 Å². The molecule has 1 aliphatic rings. The van der Waals surface area contributed by atoms with Crippen molar-refractivity contribution in [3.63, 3.8) is 0 Å². The number of piperazine rings is 1. The Hall–Kier alpha value is -3.89. The second-order valence-electron chi connectivity index (χ2n) is 8.31. The van der Waals surface area contributed by atoms with Crippen molar-refractivity contribution in [1.82, 2.24) is 24.8 Å². The minimum atomic E-state index is -0.110. The van der Waals surface area contributed by atoms with Gasteiger partial charge in [-0.25, -0.2) is 9.97 Å². The SMILES string of the molecule is COc1ccc(-c2cnc3nc(N)nc(N4CCN(C(=O)c5ccc(Cl)c(Cl)c5)CC4)c3n2)cc1OC. The Bertz CT molecular complexity index is 1490. The minimum absolute atomic E-state index is 0.102. The number of hydrogen-bond donors (Lipinski definition) is 1. The first-order valence-electron chi connectivity index (χ1n) is 11.4.